The second kappa shape index (κ2) is 5.82. The van der Waals surface area contributed by atoms with Crippen molar-refractivity contribution >= 4 is 11.6 Å². The number of carbonyl (C=O) groups excluding carboxylic acids is 1. The van der Waals surface area contributed by atoms with Gasteiger partial charge in [0, 0.05) is 5.69 Å². The Bertz CT molecular complexity index is 656. The highest BCUT2D eigenvalue weighted by Crippen LogP contribution is 2.34. The third kappa shape index (κ3) is 3.71. The van der Waals surface area contributed by atoms with Gasteiger partial charge in [-0.1, -0.05) is 18.2 Å². The molecule has 0 aliphatic rings. The predicted octanol–water partition coefficient (Wildman–Crippen LogP) is 3.17. The molecule has 0 fully saturated rings. The lowest BCUT2D eigenvalue weighted by Crippen LogP contribution is -2.31. The maximum Gasteiger partial charge on any atom is 0.418 e. The first-order valence-corrected chi connectivity index (χ1v) is 6.04. The number of aryl methyl sites for hydroxylation is 1. The summed E-state index contributed by atoms with van der Waals surface area (Å²) >= 11 is 0. The van der Waals surface area contributed by atoms with Crippen LogP contribution in [0.25, 0.3) is 0 Å². The zero-order valence-corrected chi connectivity index (χ0v) is 11.0. The van der Waals surface area contributed by atoms with E-state index in [9.17, 15) is 18.0 Å². The first kappa shape index (κ1) is 14.8. The number of anilines is 1. The first-order chi connectivity index (χ1) is 9.88. The number of rotatable bonds is 3. The molecule has 21 heavy (non-hydrogen) atoms. The Balaban J connectivity index is 2.12. The number of hydrazine groups is 1. The van der Waals surface area contributed by atoms with Gasteiger partial charge in [-0.2, -0.15) is 13.2 Å². The normalized spacial score (nSPS) is 11.0. The van der Waals surface area contributed by atoms with Crippen molar-refractivity contribution in [2.24, 2.45) is 0 Å². The number of hydrogen-bond donors (Lipinski definition) is 2. The molecule has 1 heterocycles. The van der Waals surface area contributed by atoms with Crippen molar-refractivity contribution in [3.8, 4) is 0 Å². The number of para-hydroxylation sites is 1. The van der Waals surface area contributed by atoms with Crippen LogP contribution in [-0.2, 0) is 6.18 Å². The molecular formula is C14H12F3N3O. The van der Waals surface area contributed by atoms with Crippen LogP contribution >= 0.6 is 0 Å². The second-order valence-corrected chi connectivity index (χ2v) is 4.29. The summed E-state index contributed by atoms with van der Waals surface area (Å²) in [4.78, 5) is 15.8. The number of carbonyl (C=O) groups is 1. The van der Waals surface area contributed by atoms with Crippen LogP contribution in [0.4, 0.5) is 18.9 Å². The van der Waals surface area contributed by atoms with E-state index in [1.165, 1.54) is 24.3 Å². The molecular weight excluding hydrogens is 283 g/mol. The van der Waals surface area contributed by atoms with Gasteiger partial charge in [0.05, 0.1) is 11.3 Å². The number of amides is 1. The lowest BCUT2D eigenvalue weighted by atomic mass is 10.2. The number of aromatic nitrogens is 1. The van der Waals surface area contributed by atoms with Crippen molar-refractivity contribution in [3.05, 3.63) is 59.4 Å². The minimum atomic E-state index is -4.50. The molecule has 0 aliphatic heterocycles. The second-order valence-electron chi connectivity index (χ2n) is 4.29. The Morgan fingerprint density at radius 3 is 2.48 bits per heavy atom. The Kier molecular flexibility index (Phi) is 4.11. The van der Waals surface area contributed by atoms with Crippen molar-refractivity contribution in [1.29, 1.82) is 0 Å². The van der Waals surface area contributed by atoms with Crippen molar-refractivity contribution in [2.75, 3.05) is 5.43 Å². The van der Waals surface area contributed by atoms with Gasteiger partial charge in [-0.3, -0.25) is 15.6 Å². The Labute approximate surface area is 119 Å². The number of benzene rings is 1. The predicted molar refractivity (Wildman–Crippen MR) is 71.5 cm³/mol. The minimum absolute atomic E-state index is 0.118. The lowest BCUT2D eigenvalue weighted by molar-refractivity contribution is -0.137. The van der Waals surface area contributed by atoms with Crippen molar-refractivity contribution in [2.45, 2.75) is 13.1 Å². The maximum absolute atomic E-state index is 12.8. The molecule has 0 saturated heterocycles. The van der Waals surface area contributed by atoms with Crippen LogP contribution in [0, 0.1) is 6.92 Å². The van der Waals surface area contributed by atoms with E-state index < -0.39 is 17.6 Å². The van der Waals surface area contributed by atoms with Crippen molar-refractivity contribution in [1.82, 2.24) is 10.4 Å². The summed E-state index contributed by atoms with van der Waals surface area (Å²) in [5.74, 6) is -0.615. The highest BCUT2D eigenvalue weighted by molar-refractivity contribution is 5.93. The largest absolute Gasteiger partial charge is 0.418 e. The summed E-state index contributed by atoms with van der Waals surface area (Å²) in [6, 6.07) is 9.70. The van der Waals surface area contributed by atoms with Gasteiger partial charge in [-0.05, 0) is 31.2 Å². The molecule has 0 aliphatic carbocycles. The van der Waals surface area contributed by atoms with Gasteiger partial charge in [0.1, 0.15) is 5.69 Å². The fourth-order valence-electron chi connectivity index (χ4n) is 1.70. The highest BCUT2D eigenvalue weighted by Gasteiger charge is 2.33. The monoisotopic (exact) mass is 295 g/mol. The molecule has 0 atom stereocenters. The minimum Gasteiger partial charge on any atom is -0.298 e. The third-order valence-corrected chi connectivity index (χ3v) is 2.66. The van der Waals surface area contributed by atoms with E-state index in [1.807, 2.05) is 0 Å². The molecule has 7 heteroatoms. The van der Waals surface area contributed by atoms with E-state index in [2.05, 4.69) is 15.8 Å². The third-order valence-electron chi connectivity index (χ3n) is 2.66. The van der Waals surface area contributed by atoms with Crippen LogP contribution in [0.3, 0.4) is 0 Å². The van der Waals surface area contributed by atoms with Gasteiger partial charge in [-0.15, -0.1) is 0 Å². The fourth-order valence-corrected chi connectivity index (χ4v) is 1.70. The molecule has 1 aromatic carbocycles. The molecule has 0 bridgehead atoms. The Morgan fingerprint density at radius 1 is 1.10 bits per heavy atom. The van der Waals surface area contributed by atoms with Gasteiger partial charge in [0.25, 0.3) is 5.91 Å². The number of pyridine rings is 1. The van der Waals surface area contributed by atoms with E-state index in [1.54, 1.807) is 19.1 Å². The van der Waals surface area contributed by atoms with Crippen LogP contribution in [0.2, 0.25) is 0 Å². The molecule has 0 spiro atoms. The highest BCUT2D eigenvalue weighted by atomic mass is 19.4. The molecule has 0 radical (unpaired) electrons. The summed E-state index contributed by atoms with van der Waals surface area (Å²) in [6.45, 7) is 1.71. The number of nitrogens with zero attached hydrogens (tertiary/aromatic N) is 1. The standard InChI is InChI=1S/C14H12F3N3O/c1-9-5-4-8-12(18-9)13(21)20-19-11-7-3-2-6-10(11)14(15,16)17/h2-8,19H,1H3,(H,20,21). The van der Waals surface area contributed by atoms with Gasteiger partial charge in [0.15, 0.2) is 0 Å². The van der Waals surface area contributed by atoms with E-state index in [0.717, 1.165) is 6.07 Å². The van der Waals surface area contributed by atoms with Crippen LogP contribution in [0.5, 0.6) is 0 Å². The number of halogens is 3. The SMILES string of the molecule is Cc1cccc(C(=O)NNc2ccccc2C(F)(F)F)n1. The van der Waals surface area contributed by atoms with Crippen LogP contribution in [0.15, 0.2) is 42.5 Å². The Morgan fingerprint density at radius 2 is 1.81 bits per heavy atom. The van der Waals surface area contributed by atoms with Gasteiger partial charge in [-0.25, -0.2) is 4.98 Å². The van der Waals surface area contributed by atoms with Gasteiger partial charge in [0.2, 0.25) is 0 Å². The van der Waals surface area contributed by atoms with E-state index in [0.29, 0.717) is 5.69 Å². The first-order valence-electron chi connectivity index (χ1n) is 6.04. The van der Waals surface area contributed by atoms with Crippen LogP contribution in [-0.4, -0.2) is 10.9 Å². The maximum atomic E-state index is 12.8. The molecule has 1 aromatic heterocycles. The van der Waals surface area contributed by atoms with Crippen LogP contribution in [0.1, 0.15) is 21.7 Å². The van der Waals surface area contributed by atoms with Gasteiger partial charge >= 0.3 is 6.18 Å². The van der Waals surface area contributed by atoms with E-state index in [-0.39, 0.29) is 11.4 Å². The summed E-state index contributed by atoms with van der Waals surface area (Å²) in [6.07, 6.45) is -4.50. The molecule has 4 nitrogen and oxygen atoms in total. The summed E-state index contributed by atoms with van der Waals surface area (Å²) in [5.41, 5.74) is 4.15. The zero-order chi connectivity index (χ0) is 15.5. The summed E-state index contributed by atoms with van der Waals surface area (Å²) in [5, 5.41) is 0. The average molecular weight is 295 g/mol. The Hall–Kier alpha value is -2.57. The van der Waals surface area contributed by atoms with Crippen molar-refractivity contribution in [3.63, 3.8) is 0 Å². The summed E-state index contributed by atoms with van der Waals surface area (Å²) < 4.78 is 38.4. The fraction of sp³-hybridized carbons (Fsp3) is 0.143. The van der Waals surface area contributed by atoms with Gasteiger partial charge < -0.3 is 0 Å². The lowest BCUT2D eigenvalue weighted by Gasteiger charge is -2.14. The zero-order valence-electron chi connectivity index (χ0n) is 11.0. The van der Waals surface area contributed by atoms with E-state index in [4.69, 9.17) is 0 Å². The molecule has 0 saturated carbocycles. The molecule has 2 aromatic rings. The summed E-state index contributed by atoms with van der Waals surface area (Å²) in [7, 11) is 0. The average Bonchev–Trinajstić information content (AvgIpc) is 2.44. The van der Waals surface area contributed by atoms with Crippen molar-refractivity contribution < 1.29 is 18.0 Å². The molecule has 110 valence electrons. The molecule has 1 amide bonds. The smallest absolute Gasteiger partial charge is 0.298 e. The molecule has 2 rings (SSSR count). The topological polar surface area (TPSA) is 54.0 Å². The van der Waals surface area contributed by atoms with E-state index >= 15 is 0 Å². The van der Waals surface area contributed by atoms with Crippen LogP contribution < -0.4 is 10.9 Å². The molecule has 0 unspecified atom stereocenters. The number of alkyl halides is 3. The number of hydrogen-bond acceptors (Lipinski definition) is 3. The number of nitrogens with one attached hydrogen (secondary N) is 2. The quantitative estimate of drug-likeness (QED) is 0.855. The molecule has 2 N–H and O–H groups in total.